The summed E-state index contributed by atoms with van der Waals surface area (Å²) >= 11 is 0.673. The molecule has 0 amide bonds. The van der Waals surface area contributed by atoms with Gasteiger partial charge in [-0.05, 0) is 42.8 Å². The molecule has 0 aliphatic rings. The number of benzene rings is 1. The van der Waals surface area contributed by atoms with Gasteiger partial charge in [-0.2, -0.15) is 0 Å². The third kappa shape index (κ3) is 2.97. The first-order chi connectivity index (χ1) is 9.29. The van der Waals surface area contributed by atoms with Crippen LogP contribution in [0.2, 0.25) is 0 Å². The van der Waals surface area contributed by atoms with Gasteiger partial charge in [0.05, 0.1) is 0 Å². The highest BCUT2D eigenvalue weighted by atomic mass is 32.2. The van der Waals surface area contributed by atoms with Crippen molar-refractivity contribution in [2.24, 2.45) is 0 Å². The van der Waals surface area contributed by atoms with Gasteiger partial charge in [-0.1, -0.05) is 0 Å². The molecule has 106 valence electrons. The van der Waals surface area contributed by atoms with Gasteiger partial charge in [0.1, 0.15) is 14.9 Å². The van der Waals surface area contributed by atoms with Crippen molar-refractivity contribution in [3.63, 3.8) is 0 Å². The maximum absolute atomic E-state index is 12.7. The molecule has 0 saturated carbocycles. The topological polar surface area (TPSA) is 83.5 Å². The number of thiophene rings is 1. The smallest absolute Gasteiger partial charge is 0.346 e. The number of halogens is 1. The second kappa shape index (κ2) is 5.22. The summed E-state index contributed by atoms with van der Waals surface area (Å²) in [6, 6.07) is 6.11. The van der Waals surface area contributed by atoms with Crippen LogP contribution in [0.5, 0.6) is 0 Å². The lowest BCUT2D eigenvalue weighted by atomic mass is 10.3. The van der Waals surface area contributed by atoms with E-state index >= 15 is 0 Å². The highest BCUT2D eigenvalue weighted by molar-refractivity contribution is 7.94. The van der Waals surface area contributed by atoms with E-state index in [2.05, 4.69) is 4.72 Å². The van der Waals surface area contributed by atoms with Crippen molar-refractivity contribution in [3.05, 3.63) is 46.6 Å². The zero-order valence-electron chi connectivity index (χ0n) is 10.3. The molecule has 0 unspecified atom stereocenters. The lowest BCUT2D eigenvalue weighted by molar-refractivity contribution is 0.0701. The molecule has 1 aromatic heterocycles. The maximum atomic E-state index is 12.7. The lowest BCUT2D eigenvalue weighted by Gasteiger charge is -2.05. The Morgan fingerprint density at radius 1 is 1.30 bits per heavy atom. The van der Waals surface area contributed by atoms with Gasteiger partial charge in [0, 0.05) is 5.69 Å². The van der Waals surface area contributed by atoms with E-state index in [-0.39, 0.29) is 14.8 Å². The summed E-state index contributed by atoms with van der Waals surface area (Å²) in [5.41, 5.74) is 0.580. The highest BCUT2D eigenvalue weighted by Crippen LogP contribution is 2.27. The molecule has 0 saturated heterocycles. The minimum absolute atomic E-state index is 0.0236. The number of sulfonamides is 1. The van der Waals surface area contributed by atoms with E-state index in [4.69, 9.17) is 5.11 Å². The number of anilines is 1. The van der Waals surface area contributed by atoms with Crippen LogP contribution in [0.4, 0.5) is 10.1 Å². The van der Waals surface area contributed by atoms with E-state index in [9.17, 15) is 17.6 Å². The molecule has 2 aromatic rings. The van der Waals surface area contributed by atoms with Crippen LogP contribution in [0, 0.1) is 12.7 Å². The Labute approximate surface area is 118 Å². The molecule has 0 aliphatic heterocycles. The first-order valence-corrected chi connectivity index (χ1v) is 7.71. The highest BCUT2D eigenvalue weighted by Gasteiger charge is 2.21. The van der Waals surface area contributed by atoms with Crippen LogP contribution < -0.4 is 4.72 Å². The average Bonchev–Trinajstić information content (AvgIpc) is 2.75. The number of hydrogen-bond donors (Lipinski definition) is 2. The molecular weight excluding hydrogens is 305 g/mol. The van der Waals surface area contributed by atoms with Crippen LogP contribution in [0.15, 0.2) is 34.5 Å². The van der Waals surface area contributed by atoms with Crippen molar-refractivity contribution in [1.82, 2.24) is 0 Å². The molecule has 0 atom stereocenters. The van der Waals surface area contributed by atoms with Crippen molar-refractivity contribution in [2.45, 2.75) is 11.1 Å². The summed E-state index contributed by atoms with van der Waals surface area (Å²) in [6.07, 6.45) is 0. The van der Waals surface area contributed by atoms with Crippen LogP contribution in [0.25, 0.3) is 0 Å². The number of rotatable bonds is 4. The summed E-state index contributed by atoms with van der Waals surface area (Å²) in [6.45, 7) is 1.52. The van der Waals surface area contributed by atoms with Crippen molar-refractivity contribution >= 4 is 33.0 Å². The fourth-order valence-corrected chi connectivity index (χ4v) is 3.96. The van der Waals surface area contributed by atoms with Gasteiger partial charge in [0.15, 0.2) is 0 Å². The van der Waals surface area contributed by atoms with Crippen molar-refractivity contribution in [3.8, 4) is 0 Å². The summed E-state index contributed by atoms with van der Waals surface area (Å²) in [7, 11) is -3.88. The molecule has 1 aromatic carbocycles. The van der Waals surface area contributed by atoms with E-state index in [1.807, 2.05) is 0 Å². The Morgan fingerprint density at radius 2 is 1.90 bits per heavy atom. The van der Waals surface area contributed by atoms with Gasteiger partial charge in [0.2, 0.25) is 0 Å². The van der Waals surface area contributed by atoms with Gasteiger partial charge < -0.3 is 5.11 Å². The summed E-state index contributed by atoms with van der Waals surface area (Å²) in [4.78, 5) is 10.9. The first-order valence-electron chi connectivity index (χ1n) is 5.42. The zero-order chi connectivity index (χ0) is 14.9. The zero-order valence-corrected chi connectivity index (χ0v) is 11.9. The molecule has 5 nitrogen and oxygen atoms in total. The Bertz CT molecular complexity index is 750. The predicted molar refractivity (Wildman–Crippen MR) is 73.2 cm³/mol. The Kier molecular flexibility index (Phi) is 3.78. The van der Waals surface area contributed by atoms with Crippen LogP contribution in [-0.2, 0) is 10.0 Å². The summed E-state index contributed by atoms with van der Waals surface area (Å²) in [5.74, 6) is -1.65. The summed E-state index contributed by atoms with van der Waals surface area (Å²) < 4.78 is 39.1. The van der Waals surface area contributed by atoms with Gasteiger partial charge in [-0.3, -0.25) is 4.72 Å². The number of aryl methyl sites for hydroxylation is 1. The summed E-state index contributed by atoms with van der Waals surface area (Å²) in [5, 5.41) is 8.92. The van der Waals surface area contributed by atoms with Crippen LogP contribution in [-0.4, -0.2) is 19.5 Å². The first kappa shape index (κ1) is 14.5. The quantitative estimate of drug-likeness (QED) is 0.908. The molecule has 0 spiro atoms. The lowest BCUT2D eigenvalue weighted by Crippen LogP contribution is -2.11. The molecular formula is C12H10FNO4S2. The van der Waals surface area contributed by atoms with Crippen molar-refractivity contribution < 1.29 is 22.7 Å². The SMILES string of the molecule is Cc1cc(S(=O)(=O)Nc2ccc(F)cc2)sc1C(=O)O. The fourth-order valence-electron chi connectivity index (χ4n) is 1.52. The fraction of sp³-hybridized carbons (Fsp3) is 0.0833. The van der Waals surface area contributed by atoms with Gasteiger partial charge >= 0.3 is 5.97 Å². The van der Waals surface area contributed by atoms with Crippen LogP contribution >= 0.6 is 11.3 Å². The van der Waals surface area contributed by atoms with Crippen molar-refractivity contribution in [1.29, 1.82) is 0 Å². The number of aromatic carboxylic acids is 1. The van der Waals surface area contributed by atoms with Crippen LogP contribution in [0.1, 0.15) is 15.2 Å². The molecule has 0 radical (unpaired) electrons. The number of nitrogens with one attached hydrogen (secondary N) is 1. The standard InChI is InChI=1S/C12H10FNO4S2/c1-7-6-10(19-11(7)12(15)16)20(17,18)14-9-4-2-8(13)3-5-9/h2-6,14H,1H3,(H,15,16). The molecule has 2 rings (SSSR count). The van der Waals surface area contributed by atoms with E-state index in [1.165, 1.54) is 25.1 Å². The predicted octanol–water partition coefficient (Wildman–Crippen LogP) is 2.69. The molecule has 0 aliphatic carbocycles. The minimum atomic E-state index is -3.88. The number of carboxylic acids is 1. The Morgan fingerprint density at radius 3 is 2.40 bits per heavy atom. The number of carbonyl (C=O) groups is 1. The Hall–Kier alpha value is -1.93. The number of hydrogen-bond acceptors (Lipinski definition) is 4. The normalized spacial score (nSPS) is 11.3. The van der Waals surface area contributed by atoms with E-state index < -0.39 is 21.8 Å². The van der Waals surface area contributed by atoms with Gasteiger partial charge in [-0.15, -0.1) is 11.3 Å². The third-order valence-electron chi connectivity index (χ3n) is 2.45. The van der Waals surface area contributed by atoms with E-state index in [0.29, 0.717) is 16.9 Å². The van der Waals surface area contributed by atoms with E-state index in [0.717, 1.165) is 12.1 Å². The second-order valence-corrected chi connectivity index (χ2v) is 6.96. The average molecular weight is 315 g/mol. The second-order valence-electron chi connectivity index (χ2n) is 4.00. The molecule has 20 heavy (non-hydrogen) atoms. The molecule has 0 fully saturated rings. The Balaban J connectivity index is 2.33. The molecule has 2 N–H and O–H groups in total. The van der Waals surface area contributed by atoms with Gasteiger partial charge in [-0.25, -0.2) is 17.6 Å². The third-order valence-corrected chi connectivity index (χ3v) is 5.53. The monoisotopic (exact) mass is 315 g/mol. The van der Waals surface area contributed by atoms with Crippen molar-refractivity contribution in [2.75, 3.05) is 4.72 Å². The molecule has 1 heterocycles. The number of carboxylic acid groups (broad SMARTS) is 1. The van der Waals surface area contributed by atoms with Gasteiger partial charge in [0.25, 0.3) is 10.0 Å². The minimum Gasteiger partial charge on any atom is -0.477 e. The molecule has 0 bridgehead atoms. The molecule has 8 heteroatoms. The van der Waals surface area contributed by atoms with E-state index in [1.54, 1.807) is 0 Å². The van der Waals surface area contributed by atoms with Crippen LogP contribution in [0.3, 0.4) is 0 Å². The maximum Gasteiger partial charge on any atom is 0.346 e. The largest absolute Gasteiger partial charge is 0.477 e.